The van der Waals surface area contributed by atoms with Crippen molar-refractivity contribution in [3.63, 3.8) is 0 Å². The van der Waals surface area contributed by atoms with Crippen LogP contribution in [0.3, 0.4) is 0 Å². The zero-order valence-corrected chi connectivity index (χ0v) is 18.9. The normalized spacial score (nSPS) is 12.1. The van der Waals surface area contributed by atoms with E-state index in [0.717, 1.165) is 18.4 Å². The van der Waals surface area contributed by atoms with E-state index in [1.807, 2.05) is 26.0 Å². The van der Waals surface area contributed by atoms with Gasteiger partial charge in [-0.3, -0.25) is 0 Å². The second-order valence-corrected chi connectivity index (χ2v) is 7.93. The van der Waals surface area contributed by atoms with Gasteiger partial charge in [0.2, 0.25) is 0 Å². The molecule has 30 heavy (non-hydrogen) atoms. The van der Waals surface area contributed by atoms with E-state index in [1.165, 1.54) is 0 Å². The lowest BCUT2D eigenvalue weighted by atomic mass is 10.1. The molecule has 7 heteroatoms. The van der Waals surface area contributed by atoms with Crippen LogP contribution < -0.4 is 4.74 Å². The molecule has 1 unspecified atom stereocenters. The van der Waals surface area contributed by atoms with Crippen molar-refractivity contribution in [3.05, 3.63) is 29.8 Å². The third kappa shape index (κ3) is 10.5. The fourth-order valence-electron chi connectivity index (χ4n) is 2.89. The molecule has 1 N–H and O–H groups in total. The first-order chi connectivity index (χ1) is 14.2. The molecule has 0 aromatic heterocycles. The molecule has 1 amide bonds. The molecule has 0 spiro atoms. The minimum atomic E-state index is -0.969. The van der Waals surface area contributed by atoms with Crippen LogP contribution in [0.2, 0.25) is 0 Å². The van der Waals surface area contributed by atoms with Crippen molar-refractivity contribution in [1.82, 2.24) is 4.90 Å². The summed E-state index contributed by atoms with van der Waals surface area (Å²) in [5.41, 5.74) is 0.860. The van der Waals surface area contributed by atoms with Crippen molar-refractivity contribution in [2.75, 3.05) is 26.3 Å². The van der Waals surface area contributed by atoms with Gasteiger partial charge in [0.25, 0.3) is 0 Å². The van der Waals surface area contributed by atoms with Gasteiger partial charge in [-0.25, -0.2) is 9.59 Å². The van der Waals surface area contributed by atoms with Gasteiger partial charge < -0.3 is 24.2 Å². The van der Waals surface area contributed by atoms with Crippen molar-refractivity contribution in [1.29, 1.82) is 0 Å². The Labute approximate surface area is 180 Å². The first-order valence-corrected chi connectivity index (χ1v) is 10.7. The van der Waals surface area contributed by atoms with E-state index in [4.69, 9.17) is 14.2 Å². The fraction of sp³-hybridized carbons (Fsp3) is 0.652. The second-order valence-electron chi connectivity index (χ2n) is 7.93. The predicted octanol–water partition coefficient (Wildman–Crippen LogP) is 4.38. The zero-order chi connectivity index (χ0) is 22.5. The number of rotatable bonds is 14. The van der Waals surface area contributed by atoms with Gasteiger partial charge in [0.15, 0.2) is 6.10 Å². The Kier molecular flexibility index (Phi) is 11.9. The van der Waals surface area contributed by atoms with Gasteiger partial charge in [0, 0.05) is 19.6 Å². The SMILES string of the molecule is CCOC(Cc1ccc(OCCN(CCCC(C)C)C(=O)OC(C)C)cc1)C(=O)O. The van der Waals surface area contributed by atoms with Gasteiger partial charge in [-0.05, 0) is 57.2 Å². The van der Waals surface area contributed by atoms with Gasteiger partial charge in [0.1, 0.15) is 12.4 Å². The van der Waals surface area contributed by atoms with Gasteiger partial charge in [-0.2, -0.15) is 0 Å². The Morgan fingerprint density at radius 1 is 1.07 bits per heavy atom. The minimum absolute atomic E-state index is 0.162. The van der Waals surface area contributed by atoms with Crippen LogP contribution >= 0.6 is 0 Å². The van der Waals surface area contributed by atoms with Crippen LogP contribution in [0.15, 0.2) is 24.3 Å². The highest BCUT2D eigenvalue weighted by Gasteiger charge is 2.18. The third-order valence-corrected chi connectivity index (χ3v) is 4.42. The van der Waals surface area contributed by atoms with E-state index in [9.17, 15) is 14.7 Å². The number of carboxylic acid groups (broad SMARTS) is 1. The smallest absolute Gasteiger partial charge is 0.410 e. The van der Waals surface area contributed by atoms with Gasteiger partial charge >= 0.3 is 12.1 Å². The van der Waals surface area contributed by atoms with Crippen LogP contribution in [0.4, 0.5) is 4.79 Å². The molecular formula is C23H37NO6. The molecule has 170 valence electrons. The monoisotopic (exact) mass is 423 g/mol. The van der Waals surface area contributed by atoms with Crippen LogP contribution in [0, 0.1) is 5.92 Å². The molecule has 1 aromatic carbocycles. The molecule has 1 rings (SSSR count). The first-order valence-electron chi connectivity index (χ1n) is 10.7. The largest absolute Gasteiger partial charge is 0.492 e. The highest BCUT2D eigenvalue weighted by molar-refractivity contribution is 5.72. The number of carbonyl (C=O) groups is 2. The summed E-state index contributed by atoms with van der Waals surface area (Å²) in [6.45, 7) is 11.6. The summed E-state index contributed by atoms with van der Waals surface area (Å²) in [6, 6.07) is 7.26. The second kappa shape index (κ2) is 13.9. The van der Waals surface area contributed by atoms with Crippen LogP contribution in [0.5, 0.6) is 5.75 Å². The Morgan fingerprint density at radius 3 is 2.27 bits per heavy atom. The summed E-state index contributed by atoms with van der Waals surface area (Å²) in [6.07, 6.45) is 0.937. The summed E-state index contributed by atoms with van der Waals surface area (Å²) >= 11 is 0. The average Bonchev–Trinajstić information content (AvgIpc) is 2.66. The molecule has 0 fully saturated rings. The maximum Gasteiger partial charge on any atom is 0.410 e. The molecule has 0 radical (unpaired) electrons. The number of carbonyl (C=O) groups excluding carboxylic acids is 1. The van der Waals surface area contributed by atoms with Crippen molar-refractivity contribution >= 4 is 12.1 Å². The van der Waals surface area contributed by atoms with Gasteiger partial charge in [-0.15, -0.1) is 0 Å². The maximum atomic E-state index is 12.3. The summed E-state index contributed by atoms with van der Waals surface area (Å²) < 4.78 is 16.4. The topological polar surface area (TPSA) is 85.3 Å². The summed E-state index contributed by atoms with van der Waals surface area (Å²) in [4.78, 5) is 25.2. The number of amides is 1. The molecule has 1 aromatic rings. The average molecular weight is 424 g/mol. The van der Waals surface area contributed by atoms with Crippen LogP contribution in [0.25, 0.3) is 0 Å². The third-order valence-electron chi connectivity index (χ3n) is 4.42. The van der Waals surface area contributed by atoms with E-state index in [2.05, 4.69) is 13.8 Å². The highest BCUT2D eigenvalue weighted by atomic mass is 16.6. The highest BCUT2D eigenvalue weighted by Crippen LogP contribution is 2.15. The lowest BCUT2D eigenvalue weighted by Crippen LogP contribution is -2.37. The molecule has 7 nitrogen and oxygen atoms in total. The van der Waals surface area contributed by atoms with Crippen LogP contribution in [0.1, 0.15) is 53.0 Å². The van der Waals surface area contributed by atoms with E-state index < -0.39 is 12.1 Å². The number of hydrogen-bond acceptors (Lipinski definition) is 5. The fourth-order valence-corrected chi connectivity index (χ4v) is 2.89. The quantitative estimate of drug-likeness (QED) is 0.478. The number of nitrogens with zero attached hydrogens (tertiary/aromatic N) is 1. The lowest BCUT2D eigenvalue weighted by molar-refractivity contribution is -0.149. The Bertz CT molecular complexity index is 629. The molecule has 0 aliphatic heterocycles. The van der Waals surface area contributed by atoms with Crippen molar-refractivity contribution < 1.29 is 28.9 Å². The number of aliphatic carboxylic acids is 1. The molecule has 0 saturated heterocycles. The number of benzene rings is 1. The zero-order valence-electron chi connectivity index (χ0n) is 18.9. The molecular weight excluding hydrogens is 386 g/mol. The van der Waals surface area contributed by atoms with E-state index in [-0.39, 0.29) is 12.2 Å². The van der Waals surface area contributed by atoms with Crippen molar-refractivity contribution in [3.8, 4) is 5.75 Å². The molecule has 0 aliphatic rings. The van der Waals surface area contributed by atoms with Crippen molar-refractivity contribution in [2.45, 2.75) is 66.1 Å². The Hall–Kier alpha value is -2.28. The van der Waals surface area contributed by atoms with Crippen molar-refractivity contribution in [2.24, 2.45) is 5.92 Å². The number of ether oxygens (including phenoxy) is 3. The summed E-state index contributed by atoms with van der Waals surface area (Å²) in [5.74, 6) is 0.288. The molecule has 1 atom stereocenters. The molecule has 0 aliphatic carbocycles. The maximum absolute atomic E-state index is 12.3. The van der Waals surface area contributed by atoms with E-state index in [0.29, 0.717) is 44.4 Å². The summed E-state index contributed by atoms with van der Waals surface area (Å²) in [5, 5.41) is 9.19. The molecule has 0 saturated carbocycles. The van der Waals surface area contributed by atoms with Crippen LogP contribution in [-0.2, 0) is 20.7 Å². The van der Waals surface area contributed by atoms with Gasteiger partial charge in [0.05, 0.1) is 12.6 Å². The van der Waals surface area contributed by atoms with Crippen LogP contribution in [-0.4, -0.2) is 60.6 Å². The summed E-state index contributed by atoms with van der Waals surface area (Å²) in [7, 11) is 0. The minimum Gasteiger partial charge on any atom is -0.492 e. The number of hydrogen-bond donors (Lipinski definition) is 1. The van der Waals surface area contributed by atoms with E-state index >= 15 is 0 Å². The Balaban J connectivity index is 2.56. The standard InChI is InChI=1S/C23H37NO6/c1-6-28-21(22(25)26)16-19-9-11-20(12-10-19)29-15-14-24(13-7-8-17(2)3)23(27)30-18(4)5/h9-12,17-18,21H,6-8,13-16H2,1-5H3,(H,25,26). The lowest BCUT2D eigenvalue weighted by Gasteiger charge is -2.24. The molecule has 0 bridgehead atoms. The first kappa shape index (κ1) is 25.8. The molecule has 0 heterocycles. The van der Waals surface area contributed by atoms with Gasteiger partial charge in [-0.1, -0.05) is 26.0 Å². The predicted molar refractivity (Wildman–Crippen MR) is 116 cm³/mol. The Morgan fingerprint density at radius 2 is 1.73 bits per heavy atom. The van der Waals surface area contributed by atoms with E-state index in [1.54, 1.807) is 24.0 Å². The number of carboxylic acids is 1.